The van der Waals surface area contributed by atoms with Gasteiger partial charge in [-0.05, 0) is 54.0 Å². The maximum atomic E-state index is 13.2. The second kappa shape index (κ2) is 8.61. The molecule has 1 aromatic rings. The lowest BCUT2D eigenvalue weighted by atomic mass is 9.61. The Morgan fingerprint density at radius 1 is 1.03 bits per heavy atom. The Kier molecular flexibility index (Phi) is 6.85. The number of nitro groups is 1. The smallest absolute Gasteiger partial charge is 0.317 e. The number of nitro benzene ring substituents is 1. The van der Waals surface area contributed by atoms with E-state index in [1.165, 1.54) is 31.2 Å². The van der Waals surface area contributed by atoms with E-state index in [9.17, 15) is 29.6 Å². The summed E-state index contributed by atoms with van der Waals surface area (Å²) in [5.74, 6) is -5.96. The summed E-state index contributed by atoms with van der Waals surface area (Å²) in [6.07, 6.45) is -0.440. The molecular formula is C23H31NO8. The third-order valence-corrected chi connectivity index (χ3v) is 5.08. The van der Waals surface area contributed by atoms with E-state index in [1.54, 1.807) is 41.5 Å². The van der Waals surface area contributed by atoms with E-state index in [0.29, 0.717) is 5.56 Å². The minimum absolute atomic E-state index is 0.190. The number of Topliss-reactive ketones (excluding diaryl/α,β-unsaturated/α-hetero) is 1. The molecule has 1 saturated carbocycles. The molecule has 0 unspecified atom stereocenters. The fourth-order valence-electron chi connectivity index (χ4n) is 3.96. The summed E-state index contributed by atoms with van der Waals surface area (Å²) in [6.45, 7) is 11.3. The zero-order chi connectivity index (χ0) is 24.6. The van der Waals surface area contributed by atoms with Gasteiger partial charge in [-0.2, -0.15) is 0 Å². The number of ketones is 1. The quantitative estimate of drug-likeness (QED) is 0.320. The number of non-ortho nitro benzene ring substituents is 1. The number of carbonyl (C=O) groups excluding carboxylic acids is 3. The van der Waals surface area contributed by atoms with Gasteiger partial charge in [0.05, 0.1) is 16.4 Å². The predicted molar refractivity (Wildman–Crippen MR) is 115 cm³/mol. The number of carbonyl (C=O) groups is 3. The van der Waals surface area contributed by atoms with Gasteiger partial charge in [0.2, 0.25) is 0 Å². The predicted octanol–water partition coefficient (Wildman–Crippen LogP) is 3.32. The lowest BCUT2D eigenvalue weighted by Crippen LogP contribution is -2.56. The van der Waals surface area contributed by atoms with E-state index in [4.69, 9.17) is 9.47 Å². The van der Waals surface area contributed by atoms with E-state index in [1.807, 2.05) is 0 Å². The highest BCUT2D eigenvalue weighted by Gasteiger charge is 2.57. The van der Waals surface area contributed by atoms with Crippen LogP contribution < -0.4 is 0 Å². The molecular weight excluding hydrogens is 418 g/mol. The van der Waals surface area contributed by atoms with Crippen molar-refractivity contribution in [2.45, 2.75) is 77.6 Å². The van der Waals surface area contributed by atoms with Crippen molar-refractivity contribution in [1.29, 1.82) is 0 Å². The van der Waals surface area contributed by atoms with Crippen LogP contribution in [0.15, 0.2) is 24.3 Å². The zero-order valence-corrected chi connectivity index (χ0v) is 19.5. The number of ether oxygens (including phenoxy) is 2. The Balaban J connectivity index is 2.66. The summed E-state index contributed by atoms with van der Waals surface area (Å²) in [6, 6.07) is 5.21. The highest BCUT2D eigenvalue weighted by atomic mass is 16.6. The molecule has 1 N–H and O–H groups in total. The van der Waals surface area contributed by atoms with Gasteiger partial charge in [0.1, 0.15) is 17.1 Å². The third-order valence-electron chi connectivity index (χ3n) is 5.08. The SMILES string of the molecule is CC(C)(C)OC(=O)[C@H]1C(=O)C[C@@](C)(O)[C@@H](C(=O)OC(C)(C)C)[C@H]1c1ccc([N+](=O)[O-])cc1. The summed E-state index contributed by atoms with van der Waals surface area (Å²) in [4.78, 5) is 49.8. The maximum Gasteiger partial charge on any atom is 0.317 e. The molecule has 32 heavy (non-hydrogen) atoms. The number of rotatable bonds is 4. The van der Waals surface area contributed by atoms with Gasteiger partial charge >= 0.3 is 11.9 Å². The van der Waals surface area contributed by atoms with Crippen molar-refractivity contribution in [3.05, 3.63) is 39.9 Å². The minimum Gasteiger partial charge on any atom is -0.460 e. The molecule has 0 spiro atoms. The lowest BCUT2D eigenvalue weighted by molar-refractivity contribution is -0.384. The van der Waals surface area contributed by atoms with E-state index < -0.39 is 63.6 Å². The number of aliphatic hydroxyl groups is 1. The van der Waals surface area contributed by atoms with Gasteiger partial charge in [0.15, 0.2) is 5.78 Å². The van der Waals surface area contributed by atoms with Crippen molar-refractivity contribution in [2.24, 2.45) is 11.8 Å². The van der Waals surface area contributed by atoms with Gasteiger partial charge in [0, 0.05) is 24.5 Å². The molecule has 0 amide bonds. The van der Waals surface area contributed by atoms with Crippen LogP contribution in [-0.2, 0) is 23.9 Å². The monoisotopic (exact) mass is 449 g/mol. The Hall–Kier alpha value is -2.81. The first-order valence-electron chi connectivity index (χ1n) is 10.4. The molecule has 9 nitrogen and oxygen atoms in total. The summed E-state index contributed by atoms with van der Waals surface area (Å²) >= 11 is 0. The highest BCUT2D eigenvalue weighted by Crippen LogP contribution is 2.47. The molecule has 0 heterocycles. The van der Waals surface area contributed by atoms with Crippen molar-refractivity contribution in [2.75, 3.05) is 0 Å². The largest absolute Gasteiger partial charge is 0.460 e. The van der Waals surface area contributed by atoms with Crippen LogP contribution >= 0.6 is 0 Å². The molecule has 9 heteroatoms. The normalized spacial score (nSPS) is 26.4. The van der Waals surface area contributed by atoms with Crippen molar-refractivity contribution >= 4 is 23.4 Å². The zero-order valence-electron chi connectivity index (χ0n) is 19.5. The Morgan fingerprint density at radius 2 is 1.50 bits per heavy atom. The second-order valence-electron chi connectivity index (χ2n) is 10.4. The Bertz CT molecular complexity index is 905. The van der Waals surface area contributed by atoms with Crippen LogP contribution in [0.2, 0.25) is 0 Å². The molecule has 1 aliphatic carbocycles. The van der Waals surface area contributed by atoms with Crippen molar-refractivity contribution < 1.29 is 33.9 Å². The molecule has 176 valence electrons. The van der Waals surface area contributed by atoms with Crippen molar-refractivity contribution in [1.82, 2.24) is 0 Å². The standard InChI is InChI=1S/C23H31NO8/c1-21(2,3)31-19(26)17-15(25)12-23(7,28)18(20(27)32-22(4,5)6)16(17)13-8-10-14(11-9-13)24(29)30/h8-11,16-18,28H,12H2,1-7H3/t16-,17-,18+,23+/m0/s1. The van der Waals surface area contributed by atoms with Crippen LogP contribution in [0.1, 0.15) is 66.4 Å². The van der Waals surface area contributed by atoms with Crippen LogP contribution in [-0.4, -0.2) is 44.6 Å². The van der Waals surface area contributed by atoms with Crippen LogP contribution in [0.25, 0.3) is 0 Å². The molecule has 1 fully saturated rings. The molecule has 0 radical (unpaired) electrons. The lowest BCUT2D eigenvalue weighted by Gasteiger charge is -2.44. The number of hydrogen-bond acceptors (Lipinski definition) is 8. The molecule has 0 saturated heterocycles. The fraction of sp³-hybridized carbons (Fsp3) is 0.609. The third kappa shape index (κ3) is 5.91. The first-order chi connectivity index (χ1) is 14.4. The van der Waals surface area contributed by atoms with Gasteiger partial charge in [-0.1, -0.05) is 12.1 Å². The second-order valence-corrected chi connectivity index (χ2v) is 10.4. The molecule has 0 aromatic heterocycles. The summed E-state index contributed by atoms with van der Waals surface area (Å²) < 4.78 is 11.0. The van der Waals surface area contributed by atoms with Crippen LogP contribution in [0.5, 0.6) is 0 Å². The molecule has 4 atom stereocenters. The Morgan fingerprint density at radius 3 is 1.94 bits per heavy atom. The van der Waals surface area contributed by atoms with Gasteiger partial charge in [-0.3, -0.25) is 24.5 Å². The van der Waals surface area contributed by atoms with Crippen LogP contribution in [0.3, 0.4) is 0 Å². The van der Waals surface area contributed by atoms with Gasteiger partial charge in [-0.15, -0.1) is 0 Å². The number of esters is 2. The summed E-state index contributed by atoms with van der Waals surface area (Å²) in [5.41, 5.74) is -3.44. The average Bonchev–Trinajstić information content (AvgIpc) is 2.56. The molecule has 0 aliphatic heterocycles. The van der Waals surface area contributed by atoms with E-state index in [-0.39, 0.29) is 5.69 Å². The van der Waals surface area contributed by atoms with Gasteiger partial charge in [-0.25, -0.2) is 0 Å². The molecule has 1 aliphatic rings. The molecule has 2 rings (SSSR count). The van der Waals surface area contributed by atoms with Gasteiger partial charge in [0.25, 0.3) is 5.69 Å². The van der Waals surface area contributed by atoms with E-state index in [2.05, 4.69) is 0 Å². The summed E-state index contributed by atoms with van der Waals surface area (Å²) in [5, 5.41) is 22.2. The summed E-state index contributed by atoms with van der Waals surface area (Å²) in [7, 11) is 0. The van der Waals surface area contributed by atoms with E-state index in [0.717, 1.165) is 0 Å². The van der Waals surface area contributed by atoms with Crippen LogP contribution in [0.4, 0.5) is 5.69 Å². The van der Waals surface area contributed by atoms with Crippen molar-refractivity contribution in [3.63, 3.8) is 0 Å². The van der Waals surface area contributed by atoms with Crippen molar-refractivity contribution in [3.8, 4) is 0 Å². The first-order valence-corrected chi connectivity index (χ1v) is 10.4. The molecule has 0 bridgehead atoms. The first kappa shape index (κ1) is 25.5. The average molecular weight is 450 g/mol. The number of nitrogens with zero attached hydrogens (tertiary/aromatic N) is 1. The molecule has 1 aromatic carbocycles. The maximum absolute atomic E-state index is 13.2. The Labute approximate surface area is 187 Å². The minimum atomic E-state index is -1.80. The topological polar surface area (TPSA) is 133 Å². The number of benzene rings is 1. The van der Waals surface area contributed by atoms with E-state index >= 15 is 0 Å². The van der Waals surface area contributed by atoms with Gasteiger partial charge < -0.3 is 14.6 Å². The number of hydrogen-bond donors (Lipinski definition) is 1. The van der Waals surface area contributed by atoms with Crippen LogP contribution in [0, 0.1) is 22.0 Å². The highest BCUT2D eigenvalue weighted by molar-refractivity contribution is 6.03. The fourth-order valence-corrected chi connectivity index (χ4v) is 3.96.